The van der Waals surface area contributed by atoms with E-state index in [9.17, 15) is 9.90 Å². The van der Waals surface area contributed by atoms with E-state index in [1.54, 1.807) is 54.1 Å². The van der Waals surface area contributed by atoms with Gasteiger partial charge in [0.2, 0.25) is 0 Å². The van der Waals surface area contributed by atoms with Gasteiger partial charge in [-0.2, -0.15) is 5.06 Å². The monoisotopic (exact) mass is 458 g/mol. The number of anilines is 1. The number of ether oxygens (including phenoxy) is 3. The van der Waals surface area contributed by atoms with Crippen LogP contribution in [0.3, 0.4) is 0 Å². The fraction of sp³-hybridized carbons (Fsp3) is 0.429. The van der Waals surface area contributed by atoms with E-state index in [0.29, 0.717) is 16.7 Å². The number of carbonyl (C=O) groups excluding carboxylic acids is 1. The van der Waals surface area contributed by atoms with Crippen molar-refractivity contribution in [2.75, 3.05) is 39.6 Å². The zero-order valence-electron chi connectivity index (χ0n) is 18.3. The first-order chi connectivity index (χ1) is 16.0. The second kappa shape index (κ2) is 10.2. The third-order valence-corrected chi connectivity index (χ3v) is 5.11. The summed E-state index contributed by atoms with van der Waals surface area (Å²) in [5.41, 5.74) is 7.14. The highest BCUT2D eigenvalue weighted by Crippen LogP contribution is 2.34. The largest absolute Gasteiger partial charge is 0.459 e. The number of hydrogen-bond acceptors (Lipinski definition) is 11. The highest BCUT2D eigenvalue weighted by molar-refractivity contribution is 5.89. The predicted molar refractivity (Wildman–Crippen MR) is 116 cm³/mol. The number of hydroxylamine groups is 2. The van der Waals surface area contributed by atoms with Crippen molar-refractivity contribution in [2.45, 2.75) is 24.5 Å². The first kappa shape index (κ1) is 23.0. The Hall–Kier alpha value is -3.16. The van der Waals surface area contributed by atoms with Gasteiger partial charge in [-0.05, 0) is 12.1 Å². The maximum atomic E-state index is 12.3. The first-order valence-corrected chi connectivity index (χ1v) is 10.4. The molecule has 2 aromatic heterocycles. The molecule has 0 bridgehead atoms. The average molecular weight is 458 g/mol. The lowest BCUT2D eigenvalue weighted by Gasteiger charge is -2.22. The van der Waals surface area contributed by atoms with Gasteiger partial charge in [0, 0.05) is 14.1 Å². The van der Waals surface area contributed by atoms with Crippen LogP contribution < -0.4 is 5.73 Å². The number of nitrogen functional groups attached to an aromatic ring is 1. The van der Waals surface area contributed by atoms with Crippen LogP contribution in [0.5, 0.6) is 0 Å². The number of nitrogens with zero attached hydrogens (tertiary/aromatic N) is 5. The second-order valence-corrected chi connectivity index (χ2v) is 7.58. The van der Waals surface area contributed by atoms with Gasteiger partial charge >= 0.3 is 5.97 Å². The van der Waals surface area contributed by atoms with Gasteiger partial charge in [0.15, 0.2) is 17.7 Å². The fourth-order valence-corrected chi connectivity index (χ4v) is 3.54. The van der Waals surface area contributed by atoms with E-state index in [2.05, 4.69) is 15.0 Å². The van der Waals surface area contributed by atoms with Gasteiger partial charge in [0.1, 0.15) is 36.8 Å². The Kier molecular flexibility index (Phi) is 7.11. The summed E-state index contributed by atoms with van der Waals surface area (Å²) in [7, 11) is 3.52. The summed E-state index contributed by atoms with van der Waals surface area (Å²) in [6, 6.07) is 8.58. The van der Waals surface area contributed by atoms with Crippen LogP contribution in [0.1, 0.15) is 16.6 Å². The summed E-state index contributed by atoms with van der Waals surface area (Å²) in [4.78, 5) is 30.1. The van der Waals surface area contributed by atoms with Gasteiger partial charge in [-0.1, -0.05) is 18.2 Å². The first-order valence-electron chi connectivity index (χ1n) is 10.4. The van der Waals surface area contributed by atoms with E-state index in [1.807, 2.05) is 0 Å². The van der Waals surface area contributed by atoms with E-state index >= 15 is 0 Å². The van der Waals surface area contributed by atoms with Crippen LogP contribution in [-0.2, 0) is 19.0 Å². The van der Waals surface area contributed by atoms with Crippen molar-refractivity contribution >= 4 is 23.0 Å². The van der Waals surface area contributed by atoms with Crippen molar-refractivity contribution in [1.82, 2.24) is 24.6 Å². The third kappa shape index (κ3) is 5.10. The molecule has 0 radical (unpaired) electrons. The van der Waals surface area contributed by atoms with Gasteiger partial charge in [0.25, 0.3) is 0 Å². The van der Waals surface area contributed by atoms with Crippen molar-refractivity contribution in [3.8, 4) is 0 Å². The van der Waals surface area contributed by atoms with Gasteiger partial charge in [0.05, 0.1) is 25.1 Å². The third-order valence-electron chi connectivity index (χ3n) is 5.11. The number of fused-ring (bicyclic) bond motifs is 1. The number of aliphatic hydroxyl groups is 1. The molecule has 1 fully saturated rings. The Morgan fingerprint density at radius 2 is 2.00 bits per heavy atom. The summed E-state index contributed by atoms with van der Waals surface area (Å²) in [5.74, 6) is -0.289. The lowest BCUT2D eigenvalue weighted by Crippen LogP contribution is -2.37. The number of aliphatic hydroxyl groups excluding tert-OH is 1. The number of rotatable bonds is 9. The number of esters is 1. The molecule has 3 N–H and O–H groups in total. The molecule has 0 unspecified atom stereocenters. The van der Waals surface area contributed by atoms with Gasteiger partial charge < -0.3 is 25.1 Å². The Morgan fingerprint density at radius 3 is 2.76 bits per heavy atom. The zero-order chi connectivity index (χ0) is 23.4. The highest BCUT2D eigenvalue weighted by Gasteiger charge is 2.46. The topological polar surface area (TPSA) is 147 Å². The maximum absolute atomic E-state index is 12.3. The number of benzene rings is 1. The van der Waals surface area contributed by atoms with E-state index < -0.39 is 30.5 Å². The van der Waals surface area contributed by atoms with Crippen LogP contribution >= 0.6 is 0 Å². The standard InChI is InChI=1S/C21H26N6O6/c1-26(2)32-9-8-30-17-16(28)14(10-31-21(29)13-6-4-3-5-7-13)33-20(17)27-12-25-15-18(22)23-11-24-19(15)27/h3-7,11-12,14,16-17,20,28H,8-10H2,1-2H3,(H2,22,23,24)/t14-,16-,17-,20-/m1/s1. The van der Waals surface area contributed by atoms with E-state index in [4.69, 9.17) is 24.8 Å². The molecule has 0 spiro atoms. The number of carbonyl (C=O) groups is 1. The Bertz CT molecular complexity index is 1080. The minimum Gasteiger partial charge on any atom is -0.459 e. The van der Waals surface area contributed by atoms with Crippen molar-refractivity contribution in [3.05, 3.63) is 48.5 Å². The minimum absolute atomic E-state index is 0.163. The van der Waals surface area contributed by atoms with E-state index in [-0.39, 0.29) is 25.6 Å². The Morgan fingerprint density at radius 1 is 1.21 bits per heavy atom. The van der Waals surface area contributed by atoms with Crippen molar-refractivity contribution < 1.29 is 28.9 Å². The van der Waals surface area contributed by atoms with Gasteiger partial charge in [-0.25, -0.2) is 19.7 Å². The highest BCUT2D eigenvalue weighted by atomic mass is 16.7. The molecule has 0 amide bonds. The molecule has 1 aromatic carbocycles. The number of aromatic nitrogens is 4. The molecule has 4 atom stereocenters. The molecule has 176 valence electrons. The lowest BCUT2D eigenvalue weighted by atomic mass is 10.1. The molecule has 4 rings (SSSR count). The molecule has 12 nitrogen and oxygen atoms in total. The average Bonchev–Trinajstić information content (AvgIpc) is 3.37. The van der Waals surface area contributed by atoms with Crippen LogP contribution in [0.15, 0.2) is 43.0 Å². The van der Waals surface area contributed by atoms with Crippen LogP contribution in [-0.4, -0.2) is 87.9 Å². The maximum Gasteiger partial charge on any atom is 0.338 e. The van der Waals surface area contributed by atoms with E-state index in [1.165, 1.54) is 12.7 Å². The molecular formula is C21H26N6O6. The molecule has 1 saturated heterocycles. The number of hydrogen-bond donors (Lipinski definition) is 2. The molecule has 1 aliphatic rings. The minimum atomic E-state index is -1.09. The normalized spacial score (nSPS) is 22.8. The summed E-state index contributed by atoms with van der Waals surface area (Å²) in [6.07, 6.45) is -0.697. The fourth-order valence-electron chi connectivity index (χ4n) is 3.54. The van der Waals surface area contributed by atoms with Crippen molar-refractivity contribution in [3.63, 3.8) is 0 Å². The second-order valence-electron chi connectivity index (χ2n) is 7.58. The van der Waals surface area contributed by atoms with E-state index in [0.717, 1.165) is 0 Å². The molecule has 12 heteroatoms. The summed E-state index contributed by atoms with van der Waals surface area (Å²) >= 11 is 0. The molecule has 1 aliphatic heterocycles. The lowest BCUT2D eigenvalue weighted by molar-refractivity contribution is -0.150. The van der Waals surface area contributed by atoms with Crippen molar-refractivity contribution in [2.24, 2.45) is 0 Å². The van der Waals surface area contributed by atoms with Crippen molar-refractivity contribution in [1.29, 1.82) is 0 Å². The predicted octanol–water partition coefficient (Wildman–Crippen LogP) is 0.402. The Balaban J connectivity index is 1.51. The molecule has 0 aliphatic carbocycles. The van der Waals surface area contributed by atoms with Crippen LogP contribution in [0, 0.1) is 0 Å². The van der Waals surface area contributed by atoms with Crippen LogP contribution in [0.25, 0.3) is 11.2 Å². The molecule has 3 heterocycles. The molecule has 3 aromatic rings. The summed E-state index contributed by atoms with van der Waals surface area (Å²) in [6.45, 7) is 0.305. The molecule has 0 saturated carbocycles. The van der Waals surface area contributed by atoms with Crippen LogP contribution in [0.4, 0.5) is 5.82 Å². The molecular weight excluding hydrogens is 432 g/mol. The Labute approximate surface area is 189 Å². The quantitative estimate of drug-likeness (QED) is 0.261. The summed E-state index contributed by atoms with van der Waals surface area (Å²) < 4.78 is 19.0. The molecule has 33 heavy (non-hydrogen) atoms. The zero-order valence-corrected chi connectivity index (χ0v) is 18.3. The number of imidazole rings is 1. The SMILES string of the molecule is CN(C)OCCO[C@@H]1[C@H](O)[C@@H](COC(=O)c2ccccc2)O[C@H]1n1cnc2c(N)ncnc21. The summed E-state index contributed by atoms with van der Waals surface area (Å²) in [5, 5.41) is 12.5. The smallest absolute Gasteiger partial charge is 0.338 e. The van der Waals surface area contributed by atoms with Gasteiger partial charge in [-0.15, -0.1) is 0 Å². The van der Waals surface area contributed by atoms with Gasteiger partial charge in [-0.3, -0.25) is 9.40 Å². The number of nitrogens with two attached hydrogens (primary N) is 1. The van der Waals surface area contributed by atoms with Crippen LogP contribution in [0.2, 0.25) is 0 Å².